The average Bonchev–Trinajstić information content (AvgIpc) is 2.49. The number of hydrogen-bond acceptors (Lipinski definition) is 3. The van der Waals surface area contributed by atoms with Crippen molar-refractivity contribution in [2.45, 2.75) is 24.9 Å². The van der Waals surface area contributed by atoms with Gasteiger partial charge in [0.1, 0.15) is 5.75 Å². The fourth-order valence-electron chi connectivity index (χ4n) is 2.65. The highest BCUT2D eigenvalue weighted by Crippen LogP contribution is 2.36. The summed E-state index contributed by atoms with van der Waals surface area (Å²) < 4.78 is 6.59. The van der Waals surface area contributed by atoms with Gasteiger partial charge in [-0.2, -0.15) is 0 Å². The molecule has 0 saturated heterocycles. The number of fused-ring (bicyclic) bond motifs is 1. The number of hydrogen-bond donors (Lipinski definition) is 1. The van der Waals surface area contributed by atoms with Crippen LogP contribution in [0.5, 0.6) is 5.75 Å². The minimum Gasteiger partial charge on any atom is -0.493 e. The fraction of sp³-hybridized carbons (Fsp3) is 0.312. The Labute approximate surface area is 126 Å². The molecule has 0 amide bonds. The Hall–Kier alpha value is -1.39. The quantitative estimate of drug-likeness (QED) is 0.936. The molecule has 2 unspecified atom stereocenters. The van der Waals surface area contributed by atoms with Crippen LogP contribution in [0.25, 0.3) is 0 Å². The summed E-state index contributed by atoms with van der Waals surface area (Å²) in [6.07, 6.45) is 2.73. The van der Waals surface area contributed by atoms with E-state index in [1.54, 1.807) is 6.20 Å². The summed E-state index contributed by atoms with van der Waals surface area (Å²) in [7, 11) is 0. The third-order valence-electron chi connectivity index (χ3n) is 3.68. The predicted octanol–water partition coefficient (Wildman–Crippen LogP) is 3.31. The minimum absolute atomic E-state index is 0.116. The zero-order chi connectivity index (χ0) is 13.9. The predicted molar refractivity (Wildman–Crippen MR) is 80.9 cm³/mol. The second kappa shape index (κ2) is 5.94. The molecule has 1 N–H and O–H groups in total. The van der Waals surface area contributed by atoms with Crippen LogP contribution in [0.2, 0.25) is 0 Å². The Kier molecular flexibility index (Phi) is 4.03. The third-order valence-corrected chi connectivity index (χ3v) is 4.15. The van der Waals surface area contributed by atoms with E-state index in [2.05, 4.69) is 20.9 Å². The summed E-state index contributed by atoms with van der Waals surface area (Å²) in [5.74, 6) is 1.01. The highest BCUT2D eigenvalue weighted by atomic mass is 79.9. The summed E-state index contributed by atoms with van der Waals surface area (Å²) in [4.78, 5) is 4.33. The maximum absolute atomic E-state index is 10.5. The Morgan fingerprint density at radius 1 is 1.30 bits per heavy atom. The van der Waals surface area contributed by atoms with Crippen molar-refractivity contribution in [3.05, 3.63) is 58.3 Å². The van der Waals surface area contributed by atoms with Gasteiger partial charge in [0.25, 0.3) is 0 Å². The minimum atomic E-state index is -0.436. The van der Waals surface area contributed by atoms with Gasteiger partial charge in [-0.05, 0) is 46.1 Å². The largest absolute Gasteiger partial charge is 0.493 e. The molecule has 104 valence electrons. The number of halogens is 1. The van der Waals surface area contributed by atoms with Crippen molar-refractivity contribution in [2.75, 3.05) is 6.61 Å². The van der Waals surface area contributed by atoms with E-state index in [-0.39, 0.29) is 5.92 Å². The molecule has 2 heterocycles. The van der Waals surface area contributed by atoms with Gasteiger partial charge in [0.05, 0.1) is 12.7 Å². The first-order valence-corrected chi connectivity index (χ1v) is 7.53. The highest BCUT2D eigenvalue weighted by molar-refractivity contribution is 9.10. The monoisotopic (exact) mass is 333 g/mol. The van der Waals surface area contributed by atoms with Crippen LogP contribution in [0.1, 0.15) is 23.6 Å². The van der Waals surface area contributed by atoms with E-state index in [4.69, 9.17) is 4.74 Å². The number of benzene rings is 1. The van der Waals surface area contributed by atoms with Crippen molar-refractivity contribution in [3.63, 3.8) is 0 Å². The molecule has 0 radical (unpaired) electrons. The molecular formula is C16H16BrNO2. The van der Waals surface area contributed by atoms with Crippen molar-refractivity contribution in [1.82, 2.24) is 4.98 Å². The zero-order valence-corrected chi connectivity index (χ0v) is 12.6. The molecule has 0 spiro atoms. The summed E-state index contributed by atoms with van der Waals surface area (Å²) >= 11 is 3.37. The van der Waals surface area contributed by atoms with Gasteiger partial charge in [-0.25, -0.2) is 0 Å². The Morgan fingerprint density at radius 3 is 2.95 bits per heavy atom. The van der Waals surface area contributed by atoms with Gasteiger partial charge in [-0.15, -0.1) is 0 Å². The van der Waals surface area contributed by atoms with Crippen molar-refractivity contribution < 1.29 is 9.84 Å². The van der Waals surface area contributed by atoms with E-state index < -0.39 is 6.10 Å². The summed E-state index contributed by atoms with van der Waals surface area (Å²) in [5, 5.41) is 10.5. The van der Waals surface area contributed by atoms with Crippen LogP contribution in [0.15, 0.2) is 47.1 Å². The van der Waals surface area contributed by atoms with E-state index in [9.17, 15) is 5.11 Å². The van der Waals surface area contributed by atoms with Gasteiger partial charge >= 0.3 is 0 Å². The van der Waals surface area contributed by atoms with Gasteiger partial charge in [0.2, 0.25) is 0 Å². The molecule has 0 saturated carbocycles. The van der Waals surface area contributed by atoms with Gasteiger partial charge in [0, 0.05) is 28.7 Å². The molecule has 0 aliphatic carbocycles. The summed E-state index contributed by atoms with van der Waals surface area (Å²) in [6.45, 7) is 0.659. The number of nitrogens with zero attached hydrogens (tertiary/aromatic N) is 1. The lowest BCUT2D eigenvalue weighted by molar-refractivity contribution is 0.116. The number of pyridine rings is 1. The molecule has 3 rings (SSSR count). The molecule has 0 bridgehead atoms. The van der Waals surface area contributed by atoms with Crippen LogP contribution < -0.4 is 4.74 Å². The molecule has 2 atom stereocenters. The van der Waals surface area contributed by atoms with E-state index in [0.29, 0.717) is 13.0 Å². The van der Waals surface area contributed by atoms with Crippen LogP contribution in [0.3, 0.4) is 0 Å². The maximum atomic E-state index is 10.5. The van der Waals surface area contributed by atoms with Crippen molar-refractivity contribution >= 4 is 15.9 Å². The van der Waals surface area contributed by atoms with E-state index >= 15 is 0 Å². The first kappa shape index (κ1) is 13.6. The molecule has 20 heavy (non-hydrogen) atoms. The van der Waals surface area contributed by atoms with Crippen molar-refractivity contribution in [3.8, 4) is 5.75 Å². The summed E-state index contributed by atoms with van der Waals surface area (Å²) in [6, 6.07) is 11.9. The van der Waals surface area contributed by atoms with Crippen LogP contribution in [-0.2, 0) is 6.42 Å². The number of aromatic nitrogens is 1. The van der Waals surface area contributed by atoms with Crippen LogP contribution >= 0.6 is 15.9 Å². The Bertz CT molecular complexity index is 585. The number of ether oxygens (including phenoxy) is 1. The second-order valence-electron chi connectivity index (χ2n) is 5.02. The van der Waals surface area contributed by atoms with Gasteiger partial charge in [-0.1, -0.05) is 18.2 Å². The van der Waals surface area contributed by atoms with Crippen LogP contribution in [0, 0.1) is 0 Å². The van der Waals surface area contributed by atoms with Gasteiger partial charge < -0.3 is 9.84 Å². The Morgan fingerprint density at radius 2 is 2.15 bits per heavy atom. The smallest absolute Gasteiger partial charge is 0.122 e. The highest BCUT2D eigenvalue weighted by Gasteiger charge is 2.27. The first-order valence-electron chi connectivity index (χ1n) is 6.74. The van der Waals surface area contributed by atoms with E-state index in [1.165, 1.54) is 0 Å². The molecule has 1 aromatic heterocycles. The number of para-hydroxylation sites is 1. The molecule has 0 fully saturated rings. The van der Waals surface area contributed by atoms with Gasteiger partial charge in [-0.3, -0.25) is 4.98 Å². The standard InChI is InChI=1S/C16H16BrNO2/c17-11-5-6-12(18-10-11)9-15(19)13-7-8-20-16-4-2-1-3-14(13)16/h1-6,10,13,15,19H,7-9H2. The summed E-state index contributed by atoms with van der Waals surface area (Å²) in [5.41, 5.74) is 2.01. The SMILES string of the molecule is OC(Cc1ccc(Br)cn1)C1CCOc2ccccc21. The van der Waals surface area contributed by atoms with Crippen LogP contribution in [0.4, 0.5) is 0 Å². The molecule has 4 heteroatoms. The molecule has 2 aromatic rings. The lowest BCUT2D eigenvalue weighted by atomic mass is 9.86. The van der Waals surface area contributed by atoms with E-state index in [1.807, 2.05) is 36.4 Å². The normalized spacial score (nSPS) is 19.0. The molecule has 1 aromatic carbocycles. The lowest BCUT2D eigenvalue weighted by Crippen LogP contribution is -2.27. The maximum Gasteiger partial charge on any atom is 0.122 e. The van der Waals surface area contributed by atoms with Crippen molar-refractivity contribution in [2.24, 2.45) is 0 Å². The molecule has 1 aliphatic rings. The first-order chi connectivity index (χ1) is 9.74. The Balaban J connectivity index is 1.78. The number of rotatable bonds is 3. The average molecular weight is 334 g/mol. The number of aliphatic hydroxyl groups is 1. The van der Waals surface area contributed by atoms with E-state index in [0.717, 1.165) is 27.9 Å². The molecular weight excluding hydrogens is 318 g/mol. The second-order valence-corrected chi connectivity index (χ2v) is 5.94. The molecule has 3 nitrogen and oxygen atoms in total. The lowest BCUT2D eigenvalue weighted by Gasteiger charge is -2.29. The number of aliphatic hydroxyl groups excluding tert-OH is 1. The molecule has 1 aliphatic heterocycles. The fourth-order valence-corrected chi connectivity index (χ4v) is 2.89. The third kappa shape index (κ3) is 2.86. The van der Waals surface area contributed by atoms with Crippen molar-refractivity contribution in [1.29, 1.82) is 0 Å². The topological polar surface area (TPSA) is 42.4 Å². The zero-order valence-electron chi connectivity index (χ0n) is 11.0. The van der Waals surface area contributed by atoms with Crippen LogP contribution in [-0.4, -0.2) is 22.8 Å². The van der Waals surface area contributed by atoms with Gasteiger partial charge in [0.15, 0.2) is 0 Å².